The molecule has 1 heterocycles. The van der Waals surface area contributed by atoms with E-state index in [1.165, 1.54) is 0 Å². The maximum Gasteiger partial charge on any atom is 0.221 e. The number of carbonyl (C=O) groups is 1. The molecular formula is C16H28IN5O. The van der Waals surface area contributed by atoms with E-state index in [9.17, 15) is 4.79 Å². The van der Waals surface area contributed by atoms with Crippen LogP contribution in [0.5, 0.6) is 0 Å². The van der Waals surface area contributed by atoms with Crippen molar-refractivity contribution in [3.05, 3.63) is 30.1 Å². The normalized spacial score (nSPS) is 12.0. The van der Waals surface area contributed by atoms with Crippen molar-refractivity contribution in [2.45, 2.75) is 46.2 Å². The number of halogens is 1. The van der Waals surface area contributed by atoms with Crippen molar-refractivity contribution in [3.63, 3.8) is 0 Å². The van der Waals surface area contributed by atoms with Gasteiger partial charge in [0.15, 0.2) is 5.96 Å². The van der Waals surface area contributed by atoms with E-state index < -0.39 is 0 Å². The molecule has 1 aromatic rings. The molecule has 0 bridgehead atoms. The molecule has 130 valence electrons. The molecule has 0 spiro atoms. The number of nitrogens with one attached hydrogen (secondary N) is 3. The summed E-state index contributed by atoms with van der Waals surface area (Å²) >= 11 is 0. The molecule has 7 heteroatoms. The van der Waals surface area contributed by atoms with Crippen molar-refractivity contribution < 1.29 is 4.79 Å². The van der Waals surface area contributed by atoms with Gasteiger partial charge in [-0.15, -0.1) is 24.0 Å². The Morgan fingerprint density at radius 3 is 2.70 bits per heavy atom. The smallest absolute Gasteiger partial charge is 0.221 e. The first kappa shape index (κ1) is 21.6. The Hall–Kier alpha value is -1.38. The van der Waals surface area contributed by atoms with Gasteiger partial charge in [-0.05, 0) is 32.4 Å². The quantitative estimate of drug-likeness (QED) is 0.333. The standard InChI is InChI=1S/C16H27N5O.HI/c1-4-13(3)21-15(22)9-11-19-16(17-5-2)20-12-14-8-6-7-10-18-14;/h6-8,10,13H,4-5,9,11-12H2,1-3H3,(H,21,22)(H2,17,19,20);1H. The molecule has 1 amide bonds. The second kappa shape index (κ2) is 13.1. The van der Waals surface area contributed by atoms with Crippen LogP contribution in [-0.4, -0.2) is 36.0 Å². The van der Waals surface area contributed by atoms with Crippen molar-refractivity contribution in [2.24, 2.45) is 4.99 Å². The summed E-state index contributed by atoms with van der Waals surface area (Å²) in [4.78, 5) is 20.4. The van der Waals surface area contributed by atoms with E-state index in [0.717, 1.165) is 18.7 Å². The van der Waals surface area contributed by atoms with E-state index in [0.29, 0.717) is 25.5 Å². The largest absolute Gasteiger partial charge is 0.357 e. The summed E-state index contributed by atoms with van der Waals surface area (Å²) in [6.07, 6.45) is 3.12. The SMILES string of the molecule is CCNC(=NCc1ccccn1)NCCC(=O)NC(C)CC.I. The summed E-state index contributed by atoms with van der Waals surface area (Å²) in [6, 6.07) is 5.98. The van der Waals surface area contributed by atoms with Gasteiger partial charge in [-0.1, -0.05) is 13.0 Å². The third-order valence-electron chi connectivity index (χ3n) is 3.13. The first-order chi connectivity index (χ1) is 10.7. The molecule has 0 saturated carbocycles. The maximum absolute atomic E-state index is 11.7. The molecule has 0 aliphatic carbocycles. The molecule has 1 rings (SSSR count). The van der Waals surface area contributed by atoms with Gasteiger partial charge in [0.05, 0.1) is 12.2 Å². The molecule has 1 unspecified atom stereocenters. The van der Waals surface area contributed by atoms with E-state index >= 15 is 0 Å². The molecule has 1 aromatic heterocycles. The Morgan fingerprint density at radius 2 is 2.09 bits per heavy atom. The summed E-state index contributed by atoms with van der Waals surface area (Å²) in [7, 11) is 0. The average Bonchev–Trinajstić information content (AvgIpc) is 2.53. The predicted molar refractivity (Wildman–Crippen MR) is 105 cm³/mol. The number of carbonyl (C=O) groups excluding carboxylic acids is 1. The van der Waals surface area contributed by atoms with Crippen LogP contribution in [0.15, 0.2) is 29.4 Å². The first-order valence-electron chi connectivity index (χ1n) is 7.87. The van der Waals surface area contributed by atoms with Crippen molar-refractivity contribution in [2.75, 3.05) is 13.1 Å². The molecule has 0 aromatic carbocycles. The fourth-order valence-electron chi connectivity index (χ4n) is 1.74. The van der Waals surface area contributed by atoms with Gasteiger partial charge in [-0.3, -0.25) is 9.78 Å². The molecule has 23 heavy (non-hydrogen) atoms. The number of amides is 1. The maximum atomic E-state index is 11.7. The van der Waals surface area contributed by atoms with Gasteiger partial charge in [0, 0.05) is 31.7 Å². The van der Waals surface area contributed by atoms with Crippen LogP contribution in [-0.2, 0) is 11.3 Å². The van der Waals surface area contributed by atoms with Crippen molar-refractivity contribution >= 4 is 35.8 Å². The van der Waals surface area contributed by atoms with Crippen LogP contribution in [0.1, 0.15) is 39.3 Å². The highest BCUT2D eigenvalue weighted by atomic mass is 127. The fraction of sp³-hybridized carbons (Fsp3) is 0.562. The average molecular weight is 433 g/mol. The van der Waals surface area contributed by atoms with Gasteiger partial charge in [0.1, 0.15) is 0 Å². The predicted octanol–water partition coefficient (Wildman–Crippen LogP) is 2.06. The zero-order chi connectivity index (χ0) is 16.2. The van der Waals surface area contributed by atoms with E-state index in [4.69, 9.17) is 0 Å². The molecule has 0 radical (unpaired) electrons. The highest BCUT2D eigenvalue weighted by Gasteiger charge is 2.05. The lowest BCUT2D eigenvalue weighted by atomic mass is 10.2. The van der Waals surface area contributed by atoms with Gasteiger partial charge in [0.25, 0.3) is 0 Å². The zero-order valence-corrected chi connectivity index (χ0v) is 16.5. The minimum atomic E-state index is 0. The number of nitrogens with zero attached hydrogens (tertiary/aromatic N) is 2. The van der Waals surface area contributed by atoms with Crippen LogP contribution in [0.25, 0.3) is 0 Å². The third kappa shape index (κ3) is 10.1. The Balaban J connectivity index is 0.00000484. The highest BCUT2D eigenvalue weighted by molar-refractivity contribution is 14.0. The summed E-state index contributed by atoms with van der Waals surface area (Å²) in [5.41, 5.74) is 0.911. The first-order valence-corrected chi connectivity index (χ1v) is 7.87. The highest BCUT2D eigenvalue weighted by Crippen LogP contribution is 1.95. The molecule has 0 aliphatic heterocycles. The van der Waals surface area contributed by atoms with Crippen molar-refractivity contribution in [1.29, 1.82) is 0 Å². The summed E-state index contributed by atoms with van der Waals surface area (Å²) in [6.45, 7) is 7.90. The van der Waals surface area contributed by atoms with Gasteiger partial charge in [0.2, 0.25) is 5.91 Å². The number of guanidine groups is 1. The second-order valence-corrected chi connectivity index (χ2v) is 5.07. The van der Waals surface area contributed by atoms with E-state index in [-0.39, 0.29) is 35.9 Å². The number of aromatic nitrogens is 1. The number of hydrogen-bond acceptors (Lipinski definition) is 3. The topological polar surface area (TPSA) is 78.4 Å². The Labute approximate surface area is 156 Å². The zero-order valence-electron chi connectivity index (χ0n) is 14.1. The molecule has 1 atom stereocenters. The van der Waals surface area contributed by atoms with E-state index in [1.54, 1.807) is 6.20 Å². The molecular weight excluding hydrogens is 405 g/mol. The lowest BCUT2D eigenvalue weighted by Gasteiger charge is -2.13. The molecule has 0 aliphatic rings. The minimum absolute atomic E-state index is 0. The monoisotopic (exact) mass is 433 g/mol. The Morgan fingerprint density at radius 1 is 1.30 bits per heavy atom. The number of rotatable bonds is 8. The van der Waals surface area contributed by atoms with Crippen LogP contribution in [0.3, 0.4) is 0 Å². The fourth-order valence-corrected chi connectivity index (χ4v) is 1.74. The summed E-state index contributed by atoms with van der Waals surface area (Å²) < 4.78 is 0. The van der Waals surface area contributed by atoms with E-state index in [1.807, 2.05) is 32.0 Å². The summed E-state index contributed by atoms with van der Waals surface area (Å²) in [5.74, 6) is 0.756. The minimum Gasteiger partial charge on any atom is -0.357 e. The number of hydrogen-bond donors (Lipinski definition) is 3. The van der Waals surface area contributed by atoms with Gasteiger partial charge in [-0.25, -0.2) is 4.99 Å². The van der Waals surface area contributed by atoms with Crippen LogP contribution < -0.4 is 16.0 Å². The van der Waals surface area contributed by atoms with Crippen molar-refractivity contribution in [1.82, 2.24) is 20.9 Å². The lowest BCUT2D eigenvalue weighted by molar-refractivity contribution is -0.121. The lowest BCUT2D eigenvalue weighted by Crippen LogP contribution is -2.40. The molecule has 6 nitrogen and oxygen atoms in total. The van der Waals surface area contributed by atoms with Crippen LogP contribution in [0.2, 0.25) is 0 Å². The van der Waals surface area contributed by atoms with E-state index in [2.05, 4.69) is 32.9 Å². The third-order valence-corrected chi connectivity index (χ3v) is 3.13. The van der Waals surface area contributed by atoms with Crippen LogP contribution in [0.4, 0.5) is 0 Å². The number of aliphatic imine (C=N–C) groups is 1. The van der Waals surface area contributed by atoms with Gasteiger partial charge in [-0.2, -0.15) is 0 Å². The molecule has 3 N–H and O–H groups in total. The second-order valence-electron chi connectivity index (χ2n) is 5.07. The Bertz CT molecular complexity index is 467. The van der Waals surface area contributed by atoms with Gasteiger partial charge >= 0.3 is 0 Å². The summed E-state index contributed by atoms with van der Waals surface area (Å²) in [5, 5.41) is 9.27. The molecule has 0 fully saturated rings. The number of pyridine rings is 1. The van der Waals surface area contributed by atoms with Gasteiger partial charge < -0.3 is 16.0 Å². The van der Waals surface area contributed by atoms with Crippen molar-refractivity contribution in [3.8, 4) is 0 Å². The van der Waals surface area contributed by atoms with Crippen LogP contribution >= 0.6 is 24.0 Å². The molecule has 0 saturated heterocycles. The Kier molecular flexibility index (Phi) is 12.3. The van der Waals surface area contributed by atoms with Crippen LogP contribution in [0, 0.1) is 0 Å².